The maximum absolute atomic E-state index is 12.1. The molecule has 104 valence electrons. The normalized spacial score (nSPS) is 15.8. The highest BCUT2D eigenvalue weighted by Gasteiger charge is 2.26. The first kappa shape index (κ1) is 13.9. The molecule has 0 unspecified atom stereocenters. The van der Waals surface area contributed by atoms with E-state index in [4.69, 9.17) is 4.74 Å². The van der Waals surface area contributed by atoms with Crippen molar-refractivity contribution in [2.24, 2.45) is 0 Å². The lowest BCUT2D eigenvalue weighted by molar-refractivity contribution is 0.0589. The van der Waals surface area contributed by atoms with Crippen LogP contribution in [0.4, 0.5) is 10.5 Å². The van der Waals surface area contributed by atoms with Crippen LogP contribution in [-0.4, -0.2) is 31.8 Å². The number of nitrogens with one attached hydrogen (secondary N) is 1. The SMILES string of the molecule is CN(C(=O)OC(C)(C)C)c1ccccc1C1CNC1. The van der Waals surface area contributed by atoms with Crippen molar-refractivity contribution in [3.05, 3.63) is 29.8 Å². The molecule has 0 aromatic heterocycles. The Morgan fingerprint density at radius 3 is 2.47 bits per heavy atom. The number of nitrogens with zero attached hydrogens (tertiary/aromatic N) is 1. The van der Waals surface area contributed by atoms with Crippen molar-refractivity contribution in [1.82, 2.24) is 5.32 Å². The molecule has 0 atom stereocenters. The number of carbonyl (C=O) groups is 1. The lowest BCUT2D eigenvalue weighted by Crippen LogP contribution is -2.41. The van der Waals surface area contributed by atoms with Gasteiger partial charge in [0.2, 0.25) is 0 Å². The number of benzene rings is 1. The lowest BCUT2D eigenvalue weighted by atomic mass is 9.92. The number of anilines is 1. The summed E-state index contributed by atoms with van der Waals surface area (Å²) in [5, 5.41) is 3.26. The second-order valence-corrected chi connectivity index (χ2v) is 5.95. The summed E-state index contributed by atoms with van der Waals surface area (Å²) in [4.78, 5) is 13.7. The highest BCUT2D eigenvalue weighted by atomic mass is 16.6. The van der Waals surface area contributed by atoms with Gasteiger partial charge in [0.15, 0.2) is 0 Å². The van der Waals surface area contributed by atoms with Gasteiger partial charge < -0.3 is 10.1 Å². The molecular formula is C15H22N2O2. The third-order valence-corrected chi connectivity index (χ3v) is 3.19. The van der Waals surface area contributed by atoms with Crippen LogP contribution in [0.15, 0.2) is 24.3 Å². The smallest absolute Gasteiger partial charge is 0.414 e. The average molecular weight is 262 g/mol. The van der Waals surface area contributed by atoms with E-state index in [0.29, 0.717) is 5.92 Å². The van der Waals surface area contributed by atoms with Gasteiger partial charge in [0.05, 0.1) is 5.69 Å². The van der Waals surface area contributed by atoms with Gasteiger partial charge in [0.25, 0.3) is 0 Å². The van der Waals surface area contributed by atoms with E-state index in [9.17, 15) is 4.79 Å². The Hall–Kier alpha value is -1.55. The van der Waals surface area contributed by atoms with Crippen molar-refractivity contribution < 1.29 is 9.53 Å². The molecule has 0 bridgehead atoms. The van der Waals surface area contributed by atoms with Gasteiger partial charge in [-0.1, -0.05) is 18.2 Å². The first-order chi connectivity index (χ1) is 8.88. The van der Waals surface area contributed by atoms with Gasteiger partial charge in [-0.05, 0) is 32.4 Å². The molecule has 1 fully saturated rings. The van der Waals surface area contributed by atoms with E-state index in [1.807, 2.05) is 39.0 Å². The van der Waals surface area contributed by atoms with E-state index in [0.717, 1.165) is 18.8 Å². The zero-order chi connectivity index (χ0) is 14.0. The van der Waals surface area contributed by atoms with Gasteiger partial charge in [0, 0.05) is 26.1 Å². The molecule has 0 saturated carbocycles. The third kappa shape index (κ3) is 3.26. The number of amides is 1. The van der Waals surface area contributed by atoms with E-state index in [1.165, 1.54) is 5.56 Å². The highest BCUT2D eigenvalue weighted by molar-refractivity contribution is 5.88. The first-order valence-electron chi connectivity index (χ1n) is 6.65. The van der Waals surface area contributed by atoms with E-state index in [2.05, 4.69) is 11.4 Å². The first-order valence-corrected chi connectivity index (χ1v) is 6.65. The molecule has 1 aliphatic heterocycles. The Bertz CT molecular complexity index is 461. The maximum Gasteiger partial charge on any atom is 0.414 e. The standard InChI is InChI=1S/C15H22N2O2/c1-15(2,3)19-14(18)17(4)13-8-6-5-7-12(13)11-9-16-10-11/h5-8,11,16H,9-10H2,1-4H3. The second kappa shape index (κ2) is 5.21. The van der Waals surface area contributed by atoms with E-state index < -0.39 is 5.60 Å². The molecule has 1 saturated heterocycles. The van der Waals surface area contributed by atoms with Crippen LogP contribution in [0.3, 0.4) is 0 Å². The zero-order valence-electron chi connectivity index (χ0n) is 12.1. The molecular weight excluding hydrogens is 240 g/mol. The van der Waals surface area contributed by atoms with Crippen molar-refractivity contribution in [3.63, 3.8) is 0 Å². The van der Waals surface area contributed by atoms with Crippen LogP contribution in [0, 0.1) is 0 Å². The van der Waals surface area contributed by atoms with Crippen LogP contribution in [0.2, 0.25) is 0 Å². The summed E-state index contributed by atoms with van der Waals surface area (Å²) < 4.78 is 5.41. The average Bonchev–Trinajstić information content (AvgIpc) is 2.24. The molecule has 1 aliphatic rings. The molecule has 0 radical (unpaired) electrons. The minimum absolute atomic E-state index is 0.313. The predicted molar refractivity (Wildman–Crippen MR) is 76.7 cm³/mol. The number of para-hydroxylation sites is 1. The Morgan fingerprint density at radius 2 is 1.95 bits per heavy atom. The summed E-state index contributed by atoms with van der Waals surface area (Å²) in [6.45, 7) is 7.57. The van der Waals surface area contributed by atoms with E-state index in [1.54, 1.807) is 11.9 Å². The maximum atomic E-state index is 12.1. The van der Waals surface area contributed by atoms with Crippen molar-refractivity contribution in [1.29, 1.82) is 0 Å². The predicted octanol–water partition coefficient (Wildman–Crippen LogP) is 2.74. The van der Waals surface area contributed by atoms with E-state index >= 15 is 0 Å². The lowest BCUT2D eigenvalue weighted by Gasteiger charge is -2.32. The molecule has 4 heteroatoms. The summed E-state index contributed by atoms with van der Waals surface area (Å²) >= 11 is 0. The molecule has 1 amide bonds. The summed E-state index contributed by atoms with van der Waals surface area (Å²) in [7, 11) is 1.76. The van der Waals surface area contributed by atoms with Gasteiger partial charge in [-0.15, -0.1) is 0 Å². The Balaban J connectivity index is 2.18. The number of hydrogen-bond acceptors (Lipinski definition) is 3. The third-order valence-electron chi connectivity index (χ3n) is 3.19. The Kier molecular flexibility index (Phi) is 3.80. The summed E-state index contributed by atoms with van der Waals surface area (Å²) in [6, 6.07) is 8.02. The monoisotopic (exact) mass is 262 g/mol. The van der Waals surface area contributed by atoms with Crippen molar-refractivity contribution >= 4 is 11.8 Å². The summed E-state index contributed by atoms with van der Waals surface area (Å²) in [5.41, 5.74) is 1.66. The largest absolute Gasteiger partial charge is 0.443 e. The van der Waals surface area contributed by atoms with Gasteiger partial charge in [-0.25, -0.2) is 4.79 Å². The molecule has 0 aliphatic carbocycles. The topological polar surface area (TPSA) is 41.6 Å². The second-order valence-electron chi connectivity index (χ2n) is 5.95. The number of rotatable bonds is 2. The van der Waals surface area contributed by atoms with Gasteiger partial charge in [-0.3, -0.25) is 4.90 Å². The van der Waals surface area contributed by atoms with Crippen LogP contribution in [0.25, 0.3) is 0 Å². The zero-order valence-corrected chi connectivity index (χ0v) is 12.1. The van der Waals surface area contributed by atoms with Crippen molar-refractivity contribution in [2.75, 3.05) is 25.0 Å². The molecule has 1 N–H and O–H groups in total. The quantitative estimate of drug-likeness (QED) is 0.891. The summed E-state index contributed by atoms with van der Waals surface area (Å²) in [6.07, 6.45) is -0.313. The molecule has 19 heavy (non-hydrogen) atoms. The molecule has 0 spiro atoms. The van der Waals surface area contributed by atoms with Crippen LogP contribution < -0.4 is 10.2 Å². The van der Waals surface area contributed by atoms with Crippen molar-refractivity contribution in [2.45, 2.75) is 32.3 Å². The minimum atomic E-state index is -0.474. The van der Waals surface area contributed by atoms with Crippen LogP contribution in [0.5, 0.6) is 0 Å². The molecule has 1 aromatic carbocycles. The van der Waals surface area contributed by atoms with Gasteiger partial charge >= 0.3 is 6.09 Å². The van der Waals surface area contributed by atoms with Crippen molar-refractivity contribution in [3.8, 4) is 0 Å². The van der Waals surface area contributed by atoms with Gasteiger partial charge in [0.1, 0.15) is 5.60 Å². The van der Waals surface area contributed by atoms with Gasteiger partial charge in [-0.2, -0.15) is 0 Å². The molecule has 4 nitrogen and oxygen atoms in total. The Morgan fingerprint density at radius 1 is 1.32 bits per heavy atom. The summed E-state index contributed by atoms with van der Waals surface area (Å²) in [5.74, 6) is 0.487. The fraction of sp³-hybridized carbons (Fsp3) is 0.533. The molecule has 2 rings (SSSR count). The number of carbonyl (C=O) groups excluding carboxylic acids is 1. The molecule has 1 heterocycles. The van der Waals surface area contributed by atoms with Crippen LogP contribution >= 0.6 is 0 Å². The Labute approximate surface area is 114 Å². The minimum Gasteiger partial charge on any atom is -0.443 e. The number of ether oxygens (including phenoxy) is 1. The van der Waals surface area contributed by atoms with E-state index in [-0.39, 0.29) is 6.09 Å². The molecule has 1 aromatic rings. The fourth-order valence-electron chi connectivity index (χ4n) is 2.08. The fourth-order valence-corrected chi connectivity index (χ4v) is 2.08. The van der Waals surface area contributed by atoms with Crippen LogP contribution in [0.1, 0.15) is 32.3 Å². The number of hydrogen-bond donors (Lipinski definition) is 1. The van der Waals surface area contributed by atoms with Crippen LogP contribution in [-0.2, 0) is 4.74 Å². The highest BCUT2D eigenvalue weighted by Crippen LogP contribution is 2.30.